The Morgan fingerprint density at radius 2 is 1.94 bits per heavy atom. The van der Waals surface area contributed by atoms with Crippen molar-refractivity contribution in [3.05, 3.63) is 59.2 Å². The molecule has 4 heteroatoms. The smallest absolute Gasteiger partial charge is 0.173 e. The van der Waals surface area contributed by atoms with Gasteiger partial charge in [0, 0.05) is 37.1 Å². The van der Waals surface area contributed by atoms with Crippen molar-refractivity contribution in [2.45, 2.75) is 78.3 Å². The van der Waals surface area contributed by atoms with E-state index in [-0.39, 0.29) is 0 Å². The van der Waals surface area contributed by atoms with Gasteiger partial charge >= 0.3 is 0 Å². The third-order valence-corrected chi connectivity index (χ3v) is 7.66. The fourth-order valence-electron chi connectivity index (χ4n) is 5.53. The van der Waals surface area contributed by atoms with Crippen molar-refractivity contribution in [2.75, 3.05) is 23.3 Å². The van der Waals surface area contributed by atoms with E-state index < -0.39 is 0 Å². The van der Waals surface area contributed by atoms with Gasteiger partial charge in [-0.15, -0.1) is 0 Å². The first-order chi connectivity index (χ1) is 15.6. The maximum absolute atomic E-state index is 6.03. The quantitative estimate of drug-likeness (QED) is 0.481. The van der Waals surface area contributed by atoms with Gasteiger partial charge in [-0.05, 0) is 86.0 Å². The minimum absolute atomic E-state index is 0.500. The maximum atomic E-state index is 6.03. The highest BCUT2D eigenvalue weighted by Gasteiger charge is 2.29. The monoisotopic (exact) mass is 449 g/mol. The van der Waals surface area contributed by atoms with E-state index >= 15 is 0 Å². The Bertz CT molecular complexity index is 925. The first kappa shape index (κ1) is 23.1. The second-order valence-electron chi connectivity index (χ2n) is 9.76. The topological polar surface area (TPSA) is 18.5 Å². The van der Waals surface area contributed by atoms with Crippen molar-refractivity contribution in [3.63, 3.8) is 0 Å². The van der Waals surface area contributed by atoms with E-state index in [0.29, 0.717) is 12.0 Å². The van der Waals surface area contributed by atoms with Crippen molar-refractivity contribution in [1.29, 1.82) is 0 Å². The van der Waals surface area contributed by atoms with Gasteiger partial charge < -0.3 is 15.1 Å². The number of aryl methyl sites for hydroxylation is 2. The molecule has 0 aromatic heterocycles. The van der Waals surface area contributed by atoms with Gasteiger partial charge in [-0.3, -0.25) is 0 Å². The molecular formula is C28H39N3S. The predicted molar refractivity (Wildman–Crippen MR) is 142 cm³/mol. The molecule has 3 nitrogen and oxygen atoms in total. The van der Waals surface area contributed by atoms with Crippen LogP contribution in [0, 0.1) is 12.8 Å². The number of hydrogen-bond donors (Lipinski definition) is 1. The SMILES string of the molecule is CCCN1CCCc2cc(CN(C(=S)Nc3ccccc3C)C3CCCCC3C)ccc21. The van der Waals surface area contributed by atoms with Gasteiger partial charge in [-0.25, -0.2) is 0 Å². The summed E-state index contributed by atoms with van der Waals surface area (Å²) in [4.78, 5) is 5.05. The van der Waals surface area contributed by atoms with E-state index in [1.165, 1.54) is 73.9 Å². The number of hydrogen-bond acceptors (Lipinski definition) is 2. The molecule has 1 aliphatic carbocycles. The average molecular weight is 450 g/mol. The molecule has 2 atom stereocenters. The summed E-state index contributed by atoms with van der Waals surface area (Å²) in [7, 11) is 0. The van der Waals surface area contributed by atoms with E-state index in [2.05, 4.69) is 78.4 Å². The van der Waals surface area contributed by atoms with Crippen LogP contribution in [0.3, 0.4) is 0 Å². The molecule has 1 aliphatic heterocycles. The summed E-state index contributed by atoms with van der Waals surface area (Å²) < 4.78 is 0. The lowest BCUT2D eigenvalue weighted by Gasteiger charge is -2.40. The van der Waals surface area contributed by atoms with Crippen LogP contribution in [0.4, 0.5) is 11.4 Å². The molecule has 0 radical (unpaired) electrons. The van der Waals surface area contributed by atoms with E-state index in [4.69, 9.17) is 12.2 Å². The van der Waals surface area contributed by atoms with Gasteiger partial charge in [-0.1, -0.05) is 57.0 Å². The number of para-hydroxylation sites is 1. The van der Waals surface area contributed by atoms with Crippen LogP contribution in [0.1, 0.15) is 69.1 Å². The average Bonchev–Trinajstić information content (AvgIpc) is 2.80. The summed E-state index contributed by atoms with van der Waals surface area (Å²) in [6, 6.07) is 16.1. The highest BCUT2D eigenvalue weighted by atomic mass is 32.1. The molecule has 2 aromatic rings. The number of nitrogens with one attached hydrogen (secondary N) is 1. The van der Waals surface area contributed by atoms with Crippen LogP contribution >= 0.6 is 12.2 Å². The van der Waals surface area contributed by atoms with Crippen molar-refractivity contribution >= 4 is 28.7 Å². The van der Waals surface area contributed by atoms with Gasteiger partial charge in [0.2, 0.25) is 0 Å². The Balaban J connectivity index is 1.58. The molecule has 32 heavy (non-hydrogen) atoms. The lowest BCUT2D eigenvalue weighted by atomic mass is 9.84. The van der Waals surface area contributed by atoms with E-state index in [1.54, 1.807) is 0 Å². The third kappa shape index (κ3) is 5.28. The molecular weight excluding hydrogens is 410 g/mol. The minimum Gasteiger partial charge on any atom is -0.371 e. The number of thiocarbonyl (C=S) groups is 1. The highest BCUT2D eigenvalue weighted by molar-refractivity contribution is 7.80. The second-order valence-corrected chi connectivity index (χ2v) is 10.1. The summed E-state index contributed by atoms with van der Waals surface area (Å²) in [6.07, 6.45) is 8.82. The van der Waals surface area contributed by atoms with Crippen molar-refractivity contribution in [2.24, 2.45) is 5.92 Å². The molecule has 1 saturated carbocycles. The zero-order valence-electron chi connectivity index (χ0n) is 20.1. The zero-order valence-corrected chi connectivity index (χ0v) is 20.9. The molecule has 2 aliphatic rings. The van der Waals surface area contributed by atoms with E-state index in [9.17, 15) is 0 Å². The van der Waals surface area contributed by atoms with Gasteiger partial charge in [0.15, 0.2) is 5.11 Å². The van der Waals surface area contributed by atoms with Gasteiger partial charge in [0.05, 0.1) is 0 Å². The molecule has 0 bridgehead atoms. The number of rotatable bonds is 6. The van der Waals surface area contributed by atoms with Crippen LogP contribution in [0.5, 0.6) is 0 Å². The standard InChI is InChI=1S/C28H39N3S/c1-4-17-30-18-9-12-24-19-23(15-16-27(24)30)20-31(26-14-8-6-11-22(26)3)28(32)29-25-13-7-5-10-21(25)2/h5,7,10,13,15-16,19,22,26H,4,6,8-9,11-12,14,17-18,20H2,1-3H3,(H,29,32). The molecule has 4 rings (SSSR count). The van der Waals surface area contributed by atoms with Crippen molar-refractivity contribution < 1.29 is 0 Å². The number of anilines is 2. The molecule has 1 heterocycles. The Labute approximate surface area is 200 Å². The van der Waals surface area contributed by atoms with E-state index in [1.807, 2.05) is 0 Å². The summed E-state index contributed by atoms with van der Waals surface area (Å²) in [5, 5.41) is 4.45. The Kier molecular flexibility index (Phi) is 7.72. The van der Waals surface area contributed by atoms with Crippen LogP contribution in [0.15, 0.2) is 42.5 Å². The molecule has 2 aromatic carbocycles. The van der Waals surface area contributed by atoms with E-state index in [0.717, 1.165) is 23.9 Å². The molecule has 1 fully saturated rings. The summed E-state index contributed by atoms with van der Waals surface area (Å²) in [6.45, 7) is 10.0. The molecule has 2 unspecified atom stereocenters. The number of nitrogens with zero attached hydrogens (tertiary/aromatic N) is 2. The fourth-order valence-corrected chi connectivity index (χ4v) is 5.84. The zero-order chi connectivity index (χ0) is 22.5. The molecule has 0 spiro atoms. The van der Waals surface area contributed by atoms with Crippen LogP contribution in [-0.2, 0) is 13.0 Å². The Morgan fingerprint density at radius 3 is 2.72 bits per heavy atom. The molecule has 0 saturated heterocycles. The number of fused-ring (bicyclic) bond motifs is 1. The number of benzene rings is 2. The Hall–Kier alpha value is -2.07. The first-order valence-electron chi connectivity index (χ1n) is 12.6. The highest BCUT2D eigenvalue weighted by Crippen LogP contribution is 2.32. The van der Waals surface area contributed by atoms with Crippen molar-refractivity contribution in [3.8, 4) is 0 Å². The minimum atomic E-state index is 0.500. The first-order valence-corrected chi connectivity index (χ1v) is 13.0. The van der Waals surface area contributed by atoms with Crippen LogP contribution in [0.2, 0.25) is 0 Å². The summed E-state index contributed by atoms with van der Waals surface area (Å²) in [5.74, 6) is 0.665. The van der Waals surface area contributed by atoms with Crippen molar-refractivity contribution in [1.82, 2.24) is 4.90 Å². The van der Waals surface area contributed by atoms with Gasteiger partial charge in [0.25, 0.3) is 0 Å². The summed E-state index contributed by atoms with van der Waals surface area (Å²) in [5.41, 5.74) is 6.69. The molecule has 0 amide bonds. The molecule has 1 N–H and O–H groups in total. The predicted octanol–water partition coefficient (Wildman–Crippen LogP) is 6.94. The Morgan fingerprint density at radius 1 is 1.12 bits per heavy atom. The van der Waals surface area contributed by atoms with Crippen LogP contribution < -0.4 is 10.2 Å². The second kappa shape index (κ2) is 10.7. The van der Waals surface area contributed by atoms with Gasteiger partial charge in [0.1, 0.15) is 0 Å². The van der Waals surface area contributed by atoms with Crippen LogP contribution in [-0.4, -0.2) is 29.1 Å². The van der Waals surface area contributed by atoms with Gasteiger partial charge in [-0.2, -0.15) is 0 Å². The maximum Gasteiger partial charge on any atom is 0.173 e. The summed E-state index contributed by atoms with van der Waals surface area (Å²) >= 11 is 6.03. The fraction of sp³-hybridized carbons (Fsp3) is 0.536. The van der Waals surface area contributed by atoms with Crippen LogP contribution in [0.25, 0.3) is 0 Å². The lowest BCUT2D eigenvalue weighted by molar-refractivity contribution is 0.177. The third-order valence-electron chi connectivity index (χ3n) is 7.32. The normalized spacial score (nSPS) is 20.5. The largest absolute Gasteiger partial charge is 0.371 e. The lowest BCUT2D eigenvalue weighted by Crippen LogP contribution is -2.46. The molecule has 172 valence electrons.